The van der Waals surface area contributed by atoms with Gasteiger partial charge in [-0.3, -0.25) is 9.59 Å². The lowest BCUT2D eigenvalue weighted by molar-refractivity contribution is -0.123. The molecular formula is C19H16N4O3. The van der Waals surface area contributed by atoms with Crippen molar-refractivity contribution in [3.05, 3.63) is 70.7 Å². The zero-order valence-corrected chi connectivity index (χ0v) is 14.3. The summed E-state index contributed by atoms with van der Waals surface area (Å²) in [6.07, 6.45) is 1.51. The molecule has 0 saturated heterocycles. The van der Waals surface area contributed by atoms with Crippen LogP contribution in [0.2, 0.25) is 0 Å². The monoisotopic (exact) mass is 348 g/mol. The van der Waals surface area contributed by atoms with Crippen molar-refractivity contribution in [3.8, 4) is 17.5 Å². The Balaban J connectivity index is 1.91. The zero-order chi connectivity index (χ0) is 18.7. The number of nitrogens with one attached hydrogen (secondary N) is 1. The summed E-state index contributed by atoms with van der Waals surface area (Å²) in [6.45, 7) is 3.21. The van der Waals surface area contributed by atoms with Gasteiger partial charge in [0.2, 0.25) is 0 Å². The van der Waals surface area contributed by atoms with Crippen LogP contribution in [0.3, 0.4) is 0 Å². The van der Waals surface area contributed by atoms with Crippen molar-refractivity contribution in [2.75, 3.05) is 5.32 Å². The zero-order valence-electron chi connectivity index (χ0n) is 14.3. The number of hydrogen-bond acceptors (Lipinski definition) is 5. The first-order valence-electron chi connectivity index (χ1n) is 7.88. The molecule has 0 spiro atoms. The molecule has 1 amide bonds. The number of hydrogen-bond donors (Lipinski definition) is 1. The first-order chi connectivity index (χ1) is 12.4. The van der Waals surface area contributed by atoms with E-state index in [0.29, 0.717) is 22.7 Å². The number of rotatable bonds is 4. The van der Waals surface area contributed by atoms with Gasteiger partial charge in [-0.2, -0.15) is 10.4 Å². The molecule has 0 aliphatic heterocycles. The number of anilines is 1. The van der Waals surface area contributed by atoms with Crippen LogP contribution in [0.5, 0.6) is 0 Å². The van der Waals surface area contributed by atoms with E-state index < -0.39 is 17.0 Å². The third kappa shape index (κ3) is 3.26. The van der Waals surface area contributed by atoms with Gasteiger partial charge in [0.05, 0.1) is 17.9 Å². The molecular weight excluding hydrogens is 332 g/mol. The van der Waals surface area contributed by atoms with Crippen LogP contribution in [0.25, 0.3) is 11.5 Å². The van der Waals surface area contributed by atoms with Crippen molar-refractivity contribution in [3.63, 3.8) is 0 Å². The van der Waals surface area contributed by atoms with Crippen LogP contribution in [0.1, 0.15) is 19.4 Å². The highest BCUT2D eigenvalue weighted by molar-refractivity contribution is 5.96. The predicted octanol–water partition coefficient (Wildman–Crippen LogP) is 2.75. The Labute approximate surface area is 149 Å². The molecule has 0 bridgehead atoms. The lowest BCUT2D eigenvalue weighted by Crippen LogP contribution is -2.47. The Morgan fingerprint density at radius 1 is 1.19 bits per heavy atom. The number of nitrogens with zero attached hydrogens (tertiary/aromatic N) is 3. The van der Waals surface area contributed by atoms with Crippen LogP contribution in [-0.2, 0) is 10.3 Å². The third-order valence-electron chi connectivity index (χ3n) is 3.93. The van der Waals surface area contributed by atoms with Gasteiger partial charge < -0.3 is 9.73 Å². The summed E-state index contributed by atoms with van der Waals surface area (Å²) < 4.78 is 6.43. The van der Waals surface area contributed by atoms with E-state index in [1.807, 2.05) is 6.07 Å². The fourth-order valence-corrected chi connectivity index (χ4v) is 2.38. The Morgan fingerprint density at radius 3 is 2.54 bits per heavy atom. The quantitative estimate of drug-likeness (QED) is 0.781. The van der Waals surface area contributed by atoms with Crippen molar-refractivity contribution >= 4 is 11.6 Å². The molecule has 0 atom stereocenters. The Morgan fingerprint density at radius 2 is 1.92 bits per heavy atom. The average molecular weight is 348 g/mol. The molecule has 0 saturated carbocycles. The van der Waals surface area contributed by atoms with E-state index in [1.54, 1.807) is 56.3 Å². The van der Waals surface area contributed by atoms with Gasteiger partial charge in [0, 0.05) is 11.8 Å². The fourth-order valence-electron chi connectivity index (χ4n) is 2.38. The molecule has 2 heterocycles. The van der Waals surface area contributed by atoms with Gasteiger partial charge in [-0.1, -0.05) is 0 Å². The number of aromatic nitrogens is 2. The number of amides is 1. The van der Waals surface area contributed by atoms with Gasteiger partial charge in [-0.15, -0.1) is 0 Å². The fraction of sp³-hybridized carbons (Fsp3) is 0.158. The third-order valence-corrected chi connectivity index (χ3v) is 3.93. The Hall–Kier alpha value is -3.66. The molecule has 7 heteroatoms. The van der Waals surface area contributed by atoms with E-state index in [4.69, 9.17) is 9.68 Å². The highest BCUT2D eigenvalue weighted by Crippen LogP contribution is 2.20. The largest absolute Gasteiger partial charge is 0.463 e. The van der Waals surface area contributed by atoms with Gasteiger partial charge in [0.15, 0.2) is 5.76 Å². The standard InChI is InChI=1S/C19H16N4O3/c1-19(2,18(25)21-14-7-5-13(12-20)6-8-14)23-17(24)10-9-15(22-23)16-4-3-11-26-16/h3-11H,1-2H3,(H,21,25). The second-order valence-electron chi connectivity index (χ2n) is 6.15. The number of nitriles is 1. The number of furan rings is 1. The minimum Gasteiger partial charge on any atom is -0.463 e. The van der Waals surface area contributed by atoms with Gasteiger partial charge in [-0.25, -0.2) is 4.68 Å². The minimum atomic E-state index is -1.24. The highest BCUT2D eigenvalue weighted by atomic mass is 16.3. The predicted molar refractivity (Wildman–Crippen MR) is 95.3 cm³/mol. The smallest absolute Gasteiger partial charge is 0.267 e. The van der Waals surface area contributed by atoms with Crippen LogP contribution >= 0.6 is 0 Å². The topological polar surface area (TPSA) is 101 Å². The number of benzene rings is 1. The second-order valence-corrected chi connectivity index (χ2v) is 6.15. The van der Waals surface area contributed by atoms with Crippen molar-refractivity contribution in [2.45, 2.75) is 19.4 Å². The number of carbonyl (C=O) groups is 1. The van der Waals surface area contributed by atoms with Gasteiger partial charge in [0.25, 0.3) is 11.5 Å². The van der Waals surface area contributed by atoms with E-state index >= 15 is 0 Å². The summed E-state index contributed by atoms with van der Waals surface area (Å²) in [7, 11) is 0. The molecule has 26 heavy (non-hydrogen) atoms. The van der Waals surface area contributed by atoms with Crippen molar-refractivity contribution < 1.29 is 9.21 Å². The van der Waals surface area contributed by atoms with E-state index in [0.717, 1.165) is 4.68 Å². The van der Waals surface area contributed by atoms with Gasteiger partial charge in [0.1, 0.15) is 11.2 Å². The van der Waals surface area contributed by atoms with E-state index in [-0.39, 0.29) is 0 Å². The van der Waals surface area contributed by atoms with Crippen molar-refractivity contribution in [1.29, 1.82) is 5.26 Å². The maximum atomic E-state index is 12.7. The van der Waals surface area contributed by atoms with E-state index in [2.05, 4.69) is 10.4 Å². The Bertz CT molecular complexity index is 1030. The molecule has 3 rings (SSSR count). The molecule has 1 N–H and O–H groups in total. The van der Waals surface area contributed by atoms with Crippen LogP contribution in [0, 0.1) is 11.3 Å². The molecule has 0 unspecified atom stereocenters. The molecule has 0 aliphatic rings. The van der Waals surface area contributed by atoms with Crippen LogP contribution < -0.4 is 10.9 Å². The minimum absolute atomic E-state index is 0.403. The normalized spacial score (nSPS) is 11.0. The summed E-state index contributed by atoms with van der Waals surface area (Å²) in [5.74, 6) is 0.0930. The molecule has 3 aromatic rings. The SMILES string of the molecule is CC(C)(C(=O)Nc1ccc(C#N)cc1)n1nc(-c2ccco2)ccc1=O. The van der Waals surface area contributed by atoms with Crippen molar-refractivity contribution in [2.24, 2.45) is 0 Å². The molecule has 1 aromatic carbocycles. The maximum absolute atomic E-state index is 12.7. The summed E-state index contributed by atoms with van der Waals surface area (Å²) in [5.41, 5.74) is -0.175. The molecule has 0 radical (unpaired) electrons. The lowest BCUT2D eigenvalue weighted by Gasteiger charge is -2.25. The Kier molecular flexibility index (Phi) is 4.42. The van der Waals surface area contributed by atoms with Gasteiger partial charge in [-0.05, 0) is 56.3 Å². The highest BCUT2D eigenvalue weighted by Gasteiger charge is 2.32. The summed E-state index contributed by atoms with van der Waals surface area (Å²) >= 11 is 0. The second kappa shape index (κ2) is 6.69. The first kappa shape index (κ1) is 17.2. The summed E-state index contributed by atoms with van der Waals surface area (Å²) in [6, 6.07) is 14.8. The summed E-state index contributed by atoms with van der Waals surface area (Å²) in [4.78, 5) is 25.0. The molecule has 0 aliphatic carbocycles. The van der Waals surface area contributed by atoms with Crippen LogP contribution in [-0.4, -0.2) is 15.7 Å². The van der Waals surface area contributed by atoms with Crippen molar-refractivity contribution in [1.82, 2.24) is 9.78 Å². The number of carbonyl (C=O) groups excluding carboxylic acids is 1. The molecule has 130 valence electrons. The lowest BCUT2D eigenvalue weighted by atomic mass is 10.0. The first-order valence-corrected chi connectivity index (χ1v) is 7.88. The molecule has 7 nitrogen and oxygen atoms in total. The van der Waals surface area contributed by atoms with Gasteiger partial charge >= 0.3 is 0 Å². The summed E-state index contributed by atoms with van der Waals surface area (Å²) in [5, 5.41) is 15.9. The van der Waals surface area contributed by atoms with E-state index in [1.165, 1.54) is 12.3 Å². The maximum Gasteiger partial charge on any atom is 0.267 e. The van der Waals surface area contributed by atoms with Crippen LogP contribution in [0.4, 0.5) is 5.69 Å². The van der Waals surface area contributed by atoms with Crippen LogP contribution in [0.15, 0.2) is 64.0 Å². The molecule has 0 fully saturated rings. The average Bonchev–Trinajstić information content (AvgIpc) is 3.17. The molecule has 2 aromatic heterocycles. The van der Waals surface area contributed by atoms with E-state index in [9.17, 15) is 9.59 Å².